The lowest BCUT2D eigenvalue weighted by atomic mass is 9.99. The predicted octanol–water partition coefficient (Wildman–Crippen LogP) is 1.30. The van der Waals surface area contributed by atoms with Crippen LogP contribution in [0.1, 0.15) is 40.5 Å². The average Bonchev–Trinajstić information content (AvgIpc) is 2.35. The van der Waals surface area contributed by atoms with Crippen molar-refractivity contribution in [2.24, 2.45) is 11.7 Å². The molecule has 1 saturated heterocycles. The zero-order chi connectivity index (χ0) is 13.9. The highest BCUT2D eigenvalue weighted by molar-refractivity contribution is 5.82. The van der Waals surface area contributed by atoms with Crippen molar-refractivity contribution in [1.29, 1.82) is 0 Å². The SMILES string of the molecule is CC(C)[C@H](N)C(=O)N1CCCC(N(C)C(C)C)C1. The molecule has 0 radical (unpaired) electrons. The van der Waals surface area contributed by atoms with Crippen LogP contribution in [0, 0.1) is 5.92 Å². The fraction of sp³-hybridized carbons (Fsp3) is 0.929. The van der Waals surface area contributed by atoms with E-state index in [1.165, 1.54) is 6.42 Å². The van der Waals surface area contributed by atoms with Crippen molar-refractivity contribution in [3.05, 3.63) is 0 Å². The Labute approximate surface area is 111 Å². The van der Waals surface area contributed by atoms with Gasteiger partial charge in [0.05, 0.1) is 6.04 Å². The second kappa shape index (κ2) is 6.53. The maximum absolute atomic E-state index is 12.3. The van der Waals surface area contributed by atoms with E-state index in [2.05, 4.69) is 25.8 Å². The van der Waals surface area contributed by atoms with E-state index in [1.807, 2.05) is 18.7 Å². The highest BCUT2D eigenvalue weighted by Crippen LogP contribution is 2.18. The Morgan fingerprint density at radius 2 is 1.94 bits per heavy atom. The van der Waals surface area contributed by atoms with Gasteiger partial charge in [0.1, 0.15) is 0 Å². The van der Waals surface area contributed by atoms with Crippen LogP contribution in [0.5, 0.6) is 0 Å². The van der Waals surface area contributed by atoms with Gasteiger partial charge in [0.2, 0.25) is 5.91 Å². The van der Waals surface area contributed by atoms with E-state index in [9.17, 15) is 4.79 Å². The summed E-state index contributed by atoms with van der Waals surface area (Å²) >= 11 is 0. The van der Waals surface area contributed by atoms with Crippen molar-refractivity contribution < 1.29 is 4.79 Å². The molecule has 1 aliphatic rings. The van der Waals surface area contributed by atoms with E-state index in [4.69, 9.17) is 5.73 Å². The average molecular weight is 255 g/mol. The summed E-state index contributed by atoms with van der Waals surface area (Å²) < 4.78 is 0. The number of carbonyl (C=O) groups is 1. The third-order valence-corrected chi connectivity index (χ3v) is 4.10. The molecule has 1 unspecified atom stereocenters. The summed E-state index contributed by atoms with van der Waals surface area (Å²) in [6, 6.07) is 0.638. The second-order valence-corrected chi connectivity index (χ2v) is 6.11. The van der Waals surface area contributed by atoms with Crippen molar-refractivity contribution in [2.45, 2.75) is 58.7 Å². The largest absolute Gasteiger partial charge is 0.340 e. The topological polar surface area (TPSA) is 49.6 Å². The second-order valence-electron chi connectivity index (χ2n) is 6.11. The molecule has 0 spiro atoms. The summed E-state index contributed by atoms with van der Waals surface area (Å²) in [6.07, 6.45) is 2.26. The van der Waals surface area contributed by atoms with Gasteiger partial charge in [-0.15, -0.1) is 0 Å². The molecule has 0 aromatic heterocycles. The number of nitrogens with two attached hydrogens (primary N) is 1. The van der Waals surface area contributed by atoms with E-state index >= 15 is 0 Å². The smallest absolute Gasteiger partial charge is 0.239 e. The monoisotopic (exact) mass is 255 g/mol. The number of hydrogen-bond acceptors (Lipinski definition) is 3. The van der Waals surface area contributed by atoms with Crippen LogP contribution in [0.15, 0.2) is 0 Å². The third kappa shape index (κ3) is 3.69. The van der Waals surface area contributed by atoms with Gasteiger partial charge in [0.15, 0.2) is 0 Å². The van der Waals surface area contributed by atoms with Gasteiger partial charge >= 0.3 is 0 Å². The van der Waals surface area contributed by atoms with E-state index in [0.717, 1.165) is 19.5 Å². The molecule has 2 atom stereocenters. The molecule has 4 heteroatoms. The summed E-state index contributed by atoms with van der Waals surface area (Å²) in [6.45, 7) is 10.1. The fourth-order valence-electron chi connectivity index (χ4n) is 2.40. The first-order chi connectivity index (χ1) is 8.34. The number of amides is 1. The van der Waals surface area contributed by atoms with Gasteiger partial charge in [-0.3, -0.25) is 9.69 Å². The molecular weight excluding hydrogens is 226 g/mol. The summed E-state index contributed by atoms with van der Waals surface area (Å²) in [5, 5.41) is 0. The van der Waals surface area contributed by atoms with Gasteiger partial charge in [0.25, 0.3) is 0 Å². The van der Waals surface area contributed by atoms with E-state index < -0.39 is 0 Å². The molecule has 0 aromatic carbocycles. The Hall–Kier alpha value is -0.610. The Morgan fingerprint density at radius 3 is 2.44 bits per heavy atom. The Balaban J connectivity index is 2.61. The number of carbonyl (C=O) groups excluding carboxylic acids is 1. The van der Waals surface area contributed by atoms with Crippen LogP contribution in [0.25, 0.3) is 0 Å². The summed E-state index contributed by atoms with van der Waals surface area (Å²) in [7, 11) is 2.14. The minimum Gasteiger partial charge on any atom is -0.340 e. The number of rotatable bonds is 4. The lowest BCUT2D eigenvalue weighted by Crippen LogP contribution is -2.54. The molecule has 0 bridgehead atoms. The number of piperidine rings is 1. The van der Waals surface area contributed by atoms with Gasteiger partial charge in [0, 0.05) is 25.2 Å². The quantitative estimate of drug-likeness (QED) is 0.824. The number of nitrogens with zero attached hydrogens (tertiary/aromatic N) is 2. The van der Waals surface area contributed by atoms with E-state index in [0.29, 0.717) is 12.1 Å². The molecule has 106 valence electrons. The predicted molar refractivity (Wildman–Crippen MR) is 75.3 cm³/mol. The minimum atomic E-state index is -0.354. The molecule has 1 amide bonds. The first-order valence-corrected chi connectivity index (χ1v) is 7.11. The van der Waals surface area contributed by atoms with Gasteiger partial charge in [-0.25, -0.2) is 0 Å². The van der Waals surface area contributed by atoms with Gasteiger partial charge in [-0.1, -0.05) is 13.8 Å². The molecule has 2 N–H and O–H groups in total. The van der Waals surface area contributed by atoms with Gasteiger partial charge in [-0.2, -0.15) is 0 Å². The van der Waals surface area contributed by atoms with Crippen LogP contribution in [0.3, 0.4) is 0 Å². The van der Waals surface area contributed by atoms with Crippen LogP contribution >= 0.6 is 0 Å². The molecule has 4 nitrogen and oxygen atoms in total. The first kappa shape index (κ1) is 15.4. The van der Waals surface area contributed by atoms with Crippen LogP contribution in [0.2, 0.25) is 0 Å². The maximum atomic E-state index is 12.3. The van der Waals surface area contributed by atoms with Crippen LogP contribution < -0.4 is 5.73 Å². The van der Waals surface area contributed by atoms with Crippen molar-refractivity contribution >= 4 is 5.91 Å². The van der Waals surface area contributed by atoms with E-state index in [-0.39, 0.29) is 17.9 Å². The third-order valence-electron chi connectivity index (χ3n) is 4.10. The molecular formula is C14H29N3O. The van der Waals surface area contributed by atoms with Gasteiger partial charge < -0.3 is 10.6 Å². The first-order valence-electron chi connectivity index (χ1n) is 7.11. The van der Waals surface area contributed by atoms with Gasteiger partial charge in [-0.05, 0) is 39.7 Å². The standard InChI is InChI=1S/C14H29N3O/c1-10(2)13(15)14(18)17-8-6-7-12(9-17)16(5)11(3)4/h10-13H,6-9,15H2,1-5H3/t12?,13-/m0/s1. The van der Waals surface area contributed by atoms with Crippen LogP contribution in [-0.4, -0.2) is 54.0 Å². The molecule has 18 heavy (non-hydrogen) atoms. The lowest BCUT2D eigenvalue weighted by Gasteiger charge is -2.40. The molecule has 0 aromatic rings. The molecule has 1 heterocycles. The minimum absolute atomic E-state index is 0.117. The van der Waals surface area contributed by atoms with Crippen molar-refractivity contribution in [3.63, 3.8) is 0 Å². The van der Waals surface area contributed by atoms with Crippen molar-refractivity contribution in [1.82, 2.24) is 9.80 Å². The summed E-state index contributed by atoms with van der Waals surface area (Å²) in [5.41, 5.74) is 5.97. The number of likely N-dealkylation sites (N-methyl/N-ethyl adjacent to an activating group) is 1. The van der Waals surface area contributed by atoms with E-state index in [1.54, 1.807) is 0 Å². The van der Waals surface area contributed by atoms with Crippen molar-refractivity contribution in [3.8, 4) is 0 Å². The highest BCUT2D eigenvalue weighted by atomic mass is 16.2. The molecule has 0 aliphatic carbocycles. The fourth-order valence-corrected chi connectivity index (χ4v) is 2.40. The molecule has 1 aliphatic heterocycles. The molecule has 1 rings (SSSR count). The molecule has 1 fully saturated rings. The lowest BCUT2D eigenvalue weighted by molar-refractivity contribution is -0.135. The van der Waals surface area contributed by atoms with Crippen LogP contribution in [0.4, 0.5) is 0 Å². The molecule has 0 saturated carbocycles. The Kier molecular flexibility index (Phi) is 5.60. The zero-order valence-electron chi connectivity index (χ0n) is 12.5. The Bertz CT molecular complexity index is 278. The van der Waals surface area contributed by atoms with Crippen molar-refractivity contribution in [2.75, 3.05) is 20.1 Å². The Morgan fingerprint density at radius 1 is 1.33 bits per heavy atom. The number of likely N-dealkylation sites (tertiary alicyclic amines) is 1. The highest BCUT2D eigenvalue weighted by Gasteiger charge is 2.30. The van der Waals surface area contributed by atoms with Crippen LogP contribution in [-0.2, 0) is 4.79 Å². The normalized spacial score (nSPS) is 22.9. The maximum Gasteiger partial charge on any atom is 0.239 e. The summed E-state index contributed by atoms with van der Waals surface area (Å²) in [5.74, 6) is 0.326. The summed E-state index contributed by atoms with van der Waals surface area (Å²) in [4.78, 5) is 16.6. The zero-order valence-corrected chi connectivity index (χ0v) is 12.5. The number of hydrogen-bond donors (Lipinski definition) is 1.